The Labute approximate surface area is 415 Å². The van der Waals surface area contributed by atoms with E-state index < -0.39 is 53.5 Å². The number of anilines is 2. The summed E-state index contributed by atoms with van der Waals surface area (Å²) < 4.78 is 57.8. The van der Waals surface area contributed by atoms with Crippen molar-refractivity contribution < 1.29 is 36.3 Å². The van der Waals surface area contributed by atoms with Crippen LogP contribution in [0.5, 0.6) is 0 Å². The predicted octanol–water partition coefficient (Wildman–Crippen LogP) is 7.03. The zero-order chi connectivity index (χ0) is 50.7. The van der Waals surface area contributed by atoms with Crippen LogP contribution >= 0.6 is 23.2 Å². The van der Waals surface area contributed by atoms with Crippen molar-refractivity contribution in [3.05, 3.63) is 127 Å². The third-order valence-corrected chi connectivity index (χ3v) is 15.9. The smallest absolute Gasteiger partial charge is 0.279 e. The number of rotatable bonds is 20. The Bertz CT molecular complexity index is 2960. The molecule has 0 saturated carbocycles. The van der Waals surface area contributed by atoms with Gasteiger partial charge in [-0.2, -0.15) is 0 Å². The van der Waals surface area contributed by atoms with E-state index in [-0.39, 0.29) is 69.9 Å². The maximum absolute atomic E-state index is 13.8. The number of benzene rings is 5. The fourth-order valence-electron chi connectivity index (χ4n) is 8.82. The third-order valence-electron chi connectivity index (χ3n) is 12.3. The van der Waals surface area contributed by atoms with Crippen molar-refractivity contribution in [1.29, 1.82) is 0 Å². The van der Waals surface area contributed by atoms with Gasteiger partial charge in [-0.25, -0.2) is 26.3 Å². The third kappa shape index (κ3) is 11.2. The fraction of sp³-hybridized carbons (Fsp3) is 0.333. The number of amides is 2. The highest BCUT2D eigenvalue weighted by Crippen LogP contribution is 2.47. The Hall–Kier alpha value is -5.84. The van der Waals surface area contributed by atoms with E-state index in [1.165, 1.54) is 70.5 Å². The van der Waals surface area contributed by atoms with E-state index in [4.69, 9.17) is 23.2 Å². The van der Waals surface area contributed by atoms with Gasteiger partial charge < -0.3 is 19.6 Å². The molecule has 2 heterocycles. The van der Waals surface area contributed by atoms with Crippen molar-refractivity contribution in [1.82, 2.24) is 19.2 Å². The van der Waals surface area contributed by atoms with Crippen LogP contribution < -0.4 is 19.2 Å². The van der Waals surface area contributed by atoms with Gasteiger partial charge in [-0.3, -0.25) is 29.8 Å². The number of non-ortho nitro benzene ring substituents is 2. The number of carbonyl (C=O) groups is 2. The summed E-state index contributed by atoms with van der Waals surface area (Å²) in [6.45, 7) is 1.99. The largest absolute Gasteiger partial charge is 0.309 e. The number of nitrogens with zero attached hydrogens (tertiary/aromatic N) is 6. The zero-order valence-corrected chi connectivity index (χ0v) is 41.9. The summed E-state index contributed by atoms with van der Waals surface area (Å²) in [4.78, 5) is 57.6. The van der Waals surface area contributed by atoms with Gasteiger partial charge in [0.1, 0.15) is 0 Å². The number of nitrogens with one attached hydrogen (secondary N) is 2. The lowest BCUT2D eigenvalue weighted by Crippen LogP contribution is -2.28. The first-order valence-corrected chi connectivity index (χ1v) is 26.3. The highest BCUT2D eigenvalue weighted by molar-refractivity contribution is 7.89. The van der Waals surface area contributed by atoms with Gasteiger partial charge in [-0.05, 0) is 124 Å². The van der Waals surface area contributed by atoms with Crippen LogP contribution in [-0.2, 0) is 29.6 Å². The number of hydrogen-bond donors (Lipinski definition) is 2. The van der Waals surface area contributed by atoms with Crippen molar-refractivity contribution in [3.8, 4) is 0 Å². The summed E-state index contributed by atoms with van der Waals surface area (Å²) in [5.41, 5.74) is 2.38. The molecule has 2 atom stereocenters. The Morgan fingerprint density at radius 1 is 0.629 bits per heavy atom. The number of nitro benzene ring substituents is 2. The van der Waals surface area contributed by atoms with E-state index in [9.17, 15) is 46.7 Å². The van der Waals surface area contributed by atoms with Crippen LogP contribution in [0.4, 0.5) is 22.7 Å². The van der Waals surface area contributed by atoms with Crippen LogP contribution in [0.25, 0.3) is 33.7 Å². The molecule has 2 N–H and O–H groups in total. The van der Waals surface area contributed by atoms with Crippen LogP contribution in [0, 0.1) is 20.2 Å². The molecule has 7 rings (SSSR count). The quantitative estimate of drug-likeness (QED) is 0.0263. The molecule has 18 nitrogen and oxygen atoms in total. The minimum atomic E-state index is -3.98. The first-order valence-electron chi connectivity index (χ1n) is 22.2. The van der Waals surface area contributed by atoms with E-state index in [0.717, 1.165) is 0 Å². The maximum atomic E-state index is 13.8. The minimum Gasteiger partial charge on any atom is -0.309 e. The summed E-state index contributed by atoms with van der Waals surface area (Å²) in [5.74, 6) is -1.52. The van der Waals surface area contributed by atoms with Gasteiger partial charge in [-0.1, -0.05) is 36.4 Å². The number of sulfonamides is 2. The summed E-state index contributed by atoms with van der Waals surface area (Å²) in [6.07, 6.45) is 6.98. The Kier molecular flexibility index (Phi) is 16.1. The topological polar surface area (TPSA) is 226 Å². The second-order valence-electron chi connectivity index (χ2n) is 17.6. The van der Waals surface area contributed by atoms with Gasteiger partial charge in [0, 0.05) is 74.1 Å². The van der Waals surface area contributed by atoms with Gasteiger partial charge in [0.05, 0.1) is 41.8 Å². The van der Waals surface area contributed by atoms with Crippen molar-refractivity contribution >= 4 is 112 Å². The zero-order valence-electron chi connectivity index (χ0n) is 38.8. The molecule has 2 aliphatic heterocycles. The van der Waals surface area contributed by atoms with E-state index in [1.807, 2.05) is 38.0 Å². The first kappa shape index (κ1) is 52.0. The standard InChI is InChI=1S/C48H52Cl2N8O10S2/c1-53(2)21-5-19-51-69(65,66)35-13-15-37-39(23-35)41(57(61)62)25-43-47(37)33(27-49)29-55(43)45(59)17-11-31-7-9-32(10-8-31)12-18-46(60)56-30-34(28-50)48-38-16-14-36(70(67,68)52-20-6-22-54(3)4)24-40(38)42(58(63)64)26-44(48)56/h7-18,23-26,33-34,51-52H,5-6,19-22,27-30H2,1-4H3. The molecule has 0 aliphatic carbocycles. The van der Waals surface area contributed by atoms with E-state index in [2.05, 4.69) is 9.44 Å². The molecule has 70 heavy (non-hydrogen) atoms. The second-order valence-corrected chi connectivity index (χ2v) is 21.8. The Morgan fingerprint density at radius 2 is 1.00 bits per heavy atom. The van der Waals surface area contributed by atoms with Gasteiger partial charge in [0.2, 0.25) is 20.0 Å². The molecule has 0 fully saturated rings. The average molecular weight is 1040 g/mol. The average Bonchev–Trinajstić information content (AvgIpc) is 3.91. The molecular weight excluding hydrogens is 984 g/mol. The molecule has 0 spiro atoms. The monoisotopic (exact) mass is 1030 g/mol. The predicted molar refractivity (Wildman–Crippen MR) is 274 cm³/mol. The number of carbonyl (C=O) groups excluding carboxylic acids is 2. The summed E-state index contributed by atoms with van der Waals surface area (Å²) in [7, 11) is -0.444. The molecule has 22 heteroatoms. The number of halogens is 2. The summed E-state index contributed by atoms with van der Waals surface area (Å²) in [6, 6.07) is 17.9. The Balaban J connectivity index is 1.07. The highest BCUT2D eigenvalue weighted by atomic mass is 35.5. The normalized spacial score (nSPS) is 16.1. The Morgan fingerprint density at radius 3 is 1.33 bits per heavy atom. The highest BCUT2D eigenvalue weighted by Gasteiger charge is 2.38. The molecule has 0 radical (unpaired) electrons. The molecule has 5 aromatic carbocycles. The fourth-order valence-corrected chi connectivity index (χ4v) is 11.5. The number of hydrogen-bond acceptors (Lipinski definition) is 12. The molecule has 0 bridgehead atoms. The van der Waals surface area contributed by atoms with Crippen LogP contribution in [0.15, 0.2) is 94.7 Å². The molecular formula is C48H52Cl2N8O10S2. The van der Waals surface area contributed by atoms with Gasteiger partial charge in [0.25, 0.3) is 23.2 Å². The van der Waals surface area contributed by atoms with Crippen LogP contribution in [0.3, 0.4) is 0 Å². The van der Waals surface area contributed by atoms with Crippen molar-refractivity contribution in [2.45, 2.75) is 34.5 Å². The number of alkyl halides is 2. The van der Waals surface area contributed by atoms with Gasteiger partial charge >= 0.3 is 0 Å². The number of fused-ring (bicyclic) bond motifs is 6. The first-order chi connectivity index (χ1) is 33.2. The van der Waals surface area contributed by atoms with Gasteiger partial charge in [-0.15, -0.1) is 23.2 Å². The van der Waals surface area contributed by atoms with E-state index in [1.54, 1.807) is 36.4 Å². The minimum absolute atomic E-state index is 0.0951. The molecule has 0 aromatic heterocycles. The van der Waals surface area contributed by atoms with Crippen LogP contribution in [0.2, 0.25) is 0 Å². The summed E-state index contributed by atoms with van der Waals surface area (Å²) in [5, 5.41) is 25.9. The van der Waals surface area contributed by atoms with E-state index in [0.29, 0.717) is 70.3 Å². The van der Waals surface area contributed by atoms with Crippen molar-refractivity contribution in [2.24, 2.45) is 0 Å². The lowest BCUT2D eigenvalue weighted by Gasteiger charge is -2.16. The van der Waals surface area contributed by atoms with E-state index >= 15 is 0 Å². The van der Waals surface area contributed by atoms with Crippen LogP contribution in [0.1, 0.15) is 46.9 Å². The van der Waals surface area contributed by atoms with Crippen LogP contribution in [-0.4, -0.2) is 128 Å². The molecule has 2 amide bonds. The summed E-state index contributed by atoms with van der Waals surface area (Å²) >= 11 is 12.8. The van der Waals surface area contributed by atoms with Gasteiger partial charge in [0.15, 0.2) is 0 Å². The lowest BCUT2D eigenvalue weighted by molar-refractivity contribution is -0.383. The van der Waals surface area contributed by atoms with Crippen molar-refractivity contribution in [3.63, 3.8) is 0 Å². The van der Waals surface area contributed by atoms with Crippen molar-refractivity contribution in [2.75, 3.05) is 89.0 Å². The number of nitro groups is 2. The lowest BCUT2D eigenvalue weighted by atomic mass is 9.95. The molecule has 370 valence electrons. The molecule has 2 aliphatic rings. The second kappa shape index (κ2) is 21.7. The SMILES string of the molecule is CN(C)CCCNS(=O)(=O)c1ccc2c3c(cc([N+](=O)[O-])c2c1)N(C(=O)C=Cc1ccc(C=CC(=O)N2CC(CCl)c4c2cc([N+](=O)[O-])c2cc(S(=O)(=O)NCCCN(C)C)ccc42)cc1)CC3CCl. The maximum Gasteiger partial charge on any atom is 0.279 e. The molecule has 0 saturated heterocycles. The molecule has 2 unspecified atom stereocenters. The molecule has 5 aromatic rings.